The molecule has 0 bridgehead atoms. The molecule has 0 aliphatic heterocycles. The maximum absolute atomic E-state index is 5.36. The summed E-state index contributed by atoms with van der Waals surface area (Å²) in [7, 11) is 4.00. The van der Waals surface area contributed by atoms with Crippen LogP contribution in [0.15, 0.2) is 0 Å². The zero-order valence-corrected chi connectivity index (χ0v) is 13.5. The molecular weight excluding hydrogens is 224 g/mol. The SMILES string of the molecule is COCC(CNCC(C)C)N(C)C(C)CC(C)C. The molecule has 1 N–H and O–H groups in total. The van der Waals surface area contributed by atoms with E-state index < -0.39 is 0 Å². The first-order valence-corrected chi connectivity index (χ1v) is 7.30. The highest BCUT2D eigenvalue weighted by Crippen LogP contribution is 2.12. The predicted molar refractivity (Wildman–Crippen MR) is 80.1 cm³/mol. The molecular formula is C15H34N2O. The van der Waals surface area contributed by atoms with Crippen LogP contribution < -0.4 is 5.32 Å². The van der Waals surface area contributed by atoms with Gasteiger partial charge >= 0.3 is 0 Å². The number of hydrogen-bond acceptors (Lipinski definition) is 3. The molecule has 0 radical (unpaired) electrons. The van der Waals surface area contributed by atoms with Crippen LogP contribution in [0.3, 0.4) is 0 Å². The van der Waals surface area contributed by atoms with Crippen molar-refractivity contribution < 1.29 is 4.74 Å². The fourth-order valence-corrected chi connectivity index (χ4v) is 2.26. The van der Waals surface area contributed by atoms with Gasteiger partial charge in [-0.05, 0) is 38.8 Å². The van der Waals surface area contributed by atoms with Gasteiger partial charge in [0.15, 0.2) is 0 Å². The Morgan fingerprint density at radius 2 is 1.61 bits per heavy atom. The lowest BCUT2D eigenvalue weighted by molar-refractivity contribution is 0.0773. The molecule has 0 aromatic heterocycles. The fourth-order valence-electron chi connectivity index (χ4n) is 2.26. The number of hydrogen-bond donors (Lipinski definition) is 1. The molecule has 0 saturated carbocycles. The van der Waals surface area contributed by atoms with Crippen LogP contribution in [0.2, 0.25) is 0 Å². The molecule has 0 heterocycles. The van der Waals surface area contributed by atoms with Crippen molar-refractivity contribution in [2.24, 2.45) is 11.8 Å². The lowest BCUT2D eigenvalue weighted by atomic mass is 10.0. The van der Waals surface area contributed by atoms with Crippen LogP contribution in [-0.2, 0) is 4.74 Å². The van der Waals surface area contributed by atoms with Crippen LogP contribution in [0.4, 0.5) is 0 Å². The van der Waals surface area contributed by atoms with E-state index in [0.717, 1.165) is 25.6 Å². The van der Waals surface area contributed by atoms with Crippen molar-refractivity contribution in [1.29, 1.82) is 0 Å². The lowest BCUT2D eigenvalue weighted by Gasteiger charge is -2.34. The Bertz CT molecular complexity index is 195. The molecule has 0 aromatic rings. The number of methoxy groups -OCH3 is 1. The third-order valence-electron chi connectivity index (χ3n) is 3.38. The largest absolute Gasteiger partial charge is 0.383 e. The lowest BCUT2D eigenvalue weighted by Crippen LogP contribution is -2.47. The minimum Gasteiger partial charge on any atom is -0.383 e. The van der Waals surface area contributed by atoms with E-state index in [2.05, 4.69) is 51.9 Å². The number of nitrogens with one attached hydrogen (secondary N) is 1. The van der Waals surface area contributed by atoms with Crippen molar-refractivity contribution in [1.82, 2.24) is 10.2 Å². The summed E-state index contributed by atoms with van der Waals surface area (Å²) in [5, 5.41) is 3.54. The first kappa shape index (κ1) is 17.9. The van der Waals surface area contributed by atoms with Crippen LogP contribution in [-0.4, -0.2) is 50.8 Å². The summed E-state index contributed by atoms with van der Waals surface area (Å²) in [5.41, 5.74) is 0. The molecule has 0 saturated heterocycles. The molecule has 2 unspecified atom stereocenters. The van der Waals surface area contributed by atoms with E-state index in [-0.39, 0.29) is 0 Å². The Morgan fingerprint density at radius 3 is 2.06 bits per heavy atom. The van der Waals surface area contributed by atoms with Crippen LogP contribution in [0, 0.1) is 11.8 Å². The van der Waals surface area contributed by atoms with E-state index in [0.29, 0.717) is 18.0 Å². The second kappa shape index (κ2) is 9.76. The molecule has 0 aliphatic rings. The third-order valence-corrected chi connectivity index (χ3v) is 3.38. The second-order valence-electron chi connectivity index (χ2n) is 6.31. The van der Waals surface area contributed by atoms with E-state index >= 15 is 0 Å². The Labute approximate surface area is 114 Å². The van der Waals surface area contributed by atoms with Gasteiger partial charge in [-0.1, -0.05) is 27.7 Å². The molecule has 0 aliphatic carbocycles. The van der Waals surface area contributed by atoms with E-state index in [1.807, 2.05) is 0 Å². The maximum Gasteiger partial charge on any atom is 0.0630 e. The van der Waals surface area contributed by atoms with Gasteiger partial charge in [-0.2, -0.15) is 0 Å². The monoisotopic (exact) mass is 258 g/mol. The molecule has 3 heteroatoms. The quantitative estimate of drug-likeness (QED) is 0.652. The van der Waals surface area contributed by atoms with Crippen molar-refractivity contribution in [2.75, 3.05) is 33.9 Å². The molecule has 110 valence electrons. The fraction of sp³-hybridized carbons (Fsp3) is 1.00. The van der Waals surface area contributed by atoms with Gasteiger partial charge in [0.1, 0.15) is 0 Å². The molecule has 3 nitrogen and oxygen atoms in total. The highest BCUT2D eigenvalue weighted by Gasteiger charge is 2.20. The van der Waals surface area contributed by atoms with Gasteiger partial charge in [0, 0.05) is 25.7 Å². The van der Waals surface area contributed by atoms with E-state index in [1.54, 1.807) is 7.11 Å². The van der Waals surface area contributed by atoms with Crippen molar-refractivity contribution in [2.45, 2.75) is 53.1 Å². The number of ether oxygens (including phenoxy) is 1. The van der Waals surface area contributed by atoms with Gasteiger partial charge < -0.3 is 10.1 Å². The molecule has 0 aromatic carbocycles. The second-order valence-corrected chi connectivity index (χ2v) is 6.31. The van der Waals surface area contributed by atoms with Gasteiger partial charge in [-0.3, -0.25) is 4.90 Å². The number of likely N-dealkylation sites (N-methyl/N-ethyl adjacent to an activating group) is 1. The summed E-state index contributed by atoms with van der Waals surface area (Å²) in [5.74, 6) is 1.45. The average molecular weight is 258 g/mol. The normalized spacial score (nSPS) is 15.7. The van der Waals surface area contributed by atoms with Gasteiger partial charge in [-0.15, -0.1) is 0 Å². The summed E-state index contributed by atoms with van der Waals surface area (Å²) in [4.78, 5) is 2.46. The Hall–Kier alpha value is -0.120. The Balaban J connectivity index is 4.20. The summed E-state index contributed by atoms with van der Waals surface area (Å²) < 4.78 is 5.36. The third kappa shape index (κ3) is 8.06. The van der Waals surface area contributed by atoms with Crippen molar-refractivity contribution in [3.8, 4) is 0 Å². The maximum atomic E-state index is 5.36. The summed E-state index contributed by atoms with van der Waals surface area (Å²) in [6, 6.07) is 1.06. The van der Waals surface area contributed by atoms with Crippen LogP contribution >= 0.6 is 0 Å². The minimum absolute atomic E-state index is 0.461. The smallest absolute Gasteiger partial charge is 0.0630 e. The highest BCUT2D eigenvalue weighted by atomic mass is 16.5. The van der Waals surface area contributed by atoms with Crippen LogP contribution in [0.1, 0.15) is 41.0 Å². The standard InChI is InChI=1S/C15H34N2O/c1-12(2)8-14(5)17(6)15(11-18-7)10-16-9-13(3)4/h12-16H,8-11H2,1-7H3. The van der Waals surface area contributed by atoms with Crippen molar-refractivity contribution in [3.05, 3.63) is 0 Å². The van der Waals surface area contributed by atoms with E-state index in [9.17, 15) is 0 Å². The molecule has 0 spiro atoms. The van der Waals surface area contributed by atoms with Crippen molar-refractivity contribution >= 4 is 0 Å². The molecule has 0 fully saturated rings. The van der Waals surface area contributed by atoms with Crippen molar-refractivity contribution in [3.63, 3.8) is 0 Å². The summed E-state index contributed by atoms with van der Waals surface area (Å²) in [6.45, 7) is 14.2. The molecule has 18 heavy (non-hydrogen) atoms. The average Bonchev–Trinajstić information content (AvgIpc) is 2.25. The summed E-state index contributed by atoms with van der Waals surface area (Å²) in [6.07, 6.45) is 1.24. The predicted octanol–water partition coefficient (Wildman–Crippen LogP) is 2.61. The Morgan fingerprint density at radius 1 is 1.00 bits per heavy atom. The van der Waals surface area contributed by atoms with Gasteiger partial charge in [-0.25, -0.2) is 0 Å². The van der Waals surface area contributed by atoms with Crippen LogP contribution in [0.25, 0.3) is 0 Å². The zero-order valence-electron chi connectivity index (χ0n) is 13.5. The zero-order chi connectivity index (χ0) is 14.1. The van der Waals surface area contributed by atoms with Crippen LogP contribution in [0.5, 0.6) is 0 Å². The first-order valence-electron chi connectivity index (χ1n) is 7.30. The van der Waals surface area contributed by atoms with E-state index in [4.69, 9.17) is 4.74 Å². The van der Waals surface area contributed by atoms with Gasteiger partial charge in [0.25, 0.3) is 0 Å². The number of nitrogens with zero attached hydrogens (tertiary/aromatic N) is 1. The molecule has 2 atom stereocenters. The first-order chi connectivity index (χ1) is 8.38. The van der Waals surface area contributed by atoms with Gasteiger partial charge in [0.05, 0.1) is 6.61 Å². The molecule has 0 amide bonds. The van der Waals surface area contributed by atoms with Gasteiger partial charge in [0.2, 0.25) is 0 Å². The Kier molecular flexibility index (Phi) is 9.70. The number of rotatable bonds is 10. The minimum atomic E-state index is 0.461. The summed E-state index contributed by atoms with van der Waals surface area (Å²) >= 11 is 0. The highest BCUT2D eigenvalue weighted by molar-refractivity contribution is 4.76. The van der Waals surface area contributed by atoms with E-state index in [1.165, 1.54) is 6.42 Å². The molecule has 0 rings (SSSR count). The topological polar surface area (TPSA) is 24.5 Å².